The molecule has 0 amide bonds. The number of non-ortho nitro benzene ring substituents is 3. The fraction of sp³-hybridized carbons (Fsp3) is 0.175. The van der Waals surface area contributed by atoms with Crippen LogP contribution in [0.25, 0.3) is 33.4 Å². The van der Waals surface area contributed by atoms with E-state index in [1.807, 2.05) is 194 Å². The number of hydrogen-bond acceptors (Lipinski definition) is 16. The first-order chi connectivity index (χ1) is 47.5. The van der Waals surface area contributed by atoms with E-state index in [0.717, 1.165) is 57.9 Å². The monoisotopic (exact) mass is 1320 g/mol. The average Bonchev–Trinajstić information content (AvgIpc) is 0.807. The lowest BCUT2D eigenvalue weighted by molar-refractivity contribution is -0.385. The molecule has 0 spiro atoms. The summed E-state index contributed by atoms with van der Waals surface area (Å²) in [5, 5.41) is 33.2. The van der Waals surface area contributed by atoms with Crippen LogP contribution < -0.4 is 0 Å². The van der Waals surface area contributed by atoms with Crippen LogP contribution in [-0.2, 0) is 0 Å². The van der Waals surface area contributed by atoms with Crippen molar-refractivity contribution in [1.82, 2.24) is 24.9 Å². The van der Waals surface area contributed by atoms with Gasteiger partial charge in [0.1, 0.15) is 0 Å². The second-order valence-electron chi connectivity index (χ2n) is 24.7. The molecule has 0 atom stereocenters. The minimum Gasteiger partial charge on any atom is -0.285 e. The number of nitro groups is 3. The van der Waals surface area contributed by atoms with Gasteiger partial charge in [0.05, 0.1) is 90.0 Å². The minimum atomic E-state index is -0.417. The Morgan fingerprint density at radius 2 is 0.687 bits per heavy atom. The molecule has 5 heterocycles. The first-order valence-corrected chi connectivity index (χ1v) is 31.9. The standard InChI is InChI=1S/C24H17N3O2.C18H13N3O2.C14H22N2.C13H11N3O2.C11H16N2/c28-27(29)21-15-22(18-9-3-1-4-10-18)24(26-17-20-13-7-8-14-25-20)23(16-21)19-11-5-2-6-12-19;22-21(23)16-9-10-18(20-13-15-8-4-5-11-19-15)17(12-16)14-6-2-1-3-7-14;1-13(2,3)11-14(4,5)16-10-12-8-6-7-9-15-12;1-10-8-12(16(17)18)5-6-13(10)15-9-11-4-2-3-7-14-11;1-4-11(2,3)13-9-10-7-5-6-8-12-10/h1-17H;1-13H;6-10H,11H2,1-5H3;2-9H,1H3;5-9H,4H2,1-3H3. The molecule has 0 aliphatic rings. The van der Waals surface area contributed by atoms with Crippen molar-refractivity contribution in [1.29, 1.82) is 0 Å². The molecule has 11 aromatic rings. The van der Waals surface area contributed by atoms with Gasteiger partial charge in [-0.05, 0) is 148 Å². The van der Waals surface area contributed by atoms with Crippen molar-refractivity contribution in [3.05, 3.63) is 326 Å². The summed E-state index contributed by atoms with van der Waals surface area (Å²) in [6.45, 7) is 19.2. The van der Waals surface area contributed by atoms with Gasteiger partial charge < -0.3 is 0 Å². The molecule has 0 aliphatic carbocycles. The molecule has 0 radical (unpaired) electrons. The highest BCUT2D eigenvalue weighted by Crippen LogP contribution is 2.42. The maximum atomic E-state index is 11.6. The van der Waals surface area contributed by atoms with E-state index in [0.29, 0.717) is 44.9 Å². The number of pyridine rings is 5. The first-order valence-electron chi connectivity index (χ1n) is 31.9. The third-order valence-electron chi connectivity index (χ3n) is 14.5. The summed E-state index contributed by atoms with van der Waals surface area (Å²) in [6.07, 6.45) is 19.4. The highest BCUT2D eigenvalue weighted by molar-refractivity contribution is 5.94. The van der Waals surface area contributed by atoms with Crippen LogP contribution in [0.15, 0.2) is 286 Å². The number of rotatable bonds is 18. The second kappa shape index (κ2) is 37.1. The Kier molecular flexibility index (Phi) is 27.7. The largest absolute Gasteiger partial charge is 0.285 e. The van der Waals surface area contributed by atoms with Crippen LogP contribution in [0.4, 0.5) is 34.1 Å². The Balaban J connectivity index is 0.000000179. The van der Waals surface area contributed by atoms with E-state index >= 15 is 0 Å². The van der Waals surface area contributed by atoms with Crippen LogP contribution in [0.1, 0.15) is 102 Å². The second-order valence-corrected chi connectivity index (χ2v) is 24.7. The minimum absolute atomic E-state index is 0.0253. The molecular formula is C80H79N13O6. The number of nitro benzene ring substituents is 3. The summed E-state index contributed by atoms with van der Waals surface area (Å²) in [4.78, 5) is 75.5. The van der Waals surface area contributed by atoms with Crippen molar-refractivity contribution in [2.75, 3.05) is 0 Å². The summed E-state index contributed by atoms with van der Waals surface area (Å²) in [5.41, 5.74) is 12.0. The topological polar surface area (TPSA) is 256 Å². The zero-order valence-electron chi connectivity index (χ0n) is 56.9. The number of nitrogens with zero attached hydrogens (tertiary/aromatic N) is 13. The van der Waals surface area contributed by atoms with E-state index in [-0.39, 0.29) is 33.1 Å². The average molecular weight is 1320 g/mol. The number of hydrogen-bond donors (Lipinski definition) is 0. The molecule has 0 saturated carbocycles. The van der Waals surface area contributed by atoms with Crippen LogP contribution in [0.3, 0.4) is 0 Å². The molecule has 500 valence electrons. The van der Waals surface area contributed by atoms with Gasteiger partial charge in [0.25, 0.3) is 17.1 Å². The van der Waals surface area contributed by atoms with Gasteiger partial charge in [-0.2, -0.15) is 0 Å². The molecule has 19 heteroatoms. The normalized spacial score (nSPS) is 11.4. The van der Waals surface area contributed by atoms with E-state index in [2.05, 4.69) is 100 Å². The maximum absolute atomic E-state index is 11.6. The Morgan fingerprint density at radius 3 is 1.04 bits per heavy atom. The quantitative estimate of drug-likeness (QED) is 0.0443. The highest BCUT2D eigenvalue weighted by atomic mass is 16.6. The smallest absolute Gasteiger partial charge is 0.270 e. The van der Waals surface area contributed by atoms with Crippen LogP contribution in [0.2, 0.25) is 0 Å². The molecule has 5 aromatic heterocycles. The van der Waals surface area contributed by atoms with Crippen molar-refractivity contribution in [2.24, 2.45) is 30.4 Å². The van der Waals surface area contributed by atoms with Gasteiger partial charge in [-0.25, -0.2) is 0 Å². The first kappa shape index (κ1) is 74.0. The molecule has 0 N–H and O–H groups in total. The van der Waals surface area contributed by atoms with Crippen molar-refractivity contribution in [3.8, 4) is 33.4 Å². The summed E-state index contributed by atoms with van der Waals surface area (Å²) in [5.74, 6) is 0. The number of benzene rings is 6. The van der Waals surface area contributed by atoms with Gasteiger partial charge in [-0.1, -0.05) is 149 Å². The predicted molar refractivity (Wildman–Crippen MR) is 401 cm³/mol. The lowest BCUT2D eigenvalue weighted by Crippen LogP contribution is -2.25. The van der Waals surface area contributed by atoms with Crippen molar-refractivity contribution in [3.63, 3.8) is 0 Å². The molecular weight excluding hydrogens is 1240 g/mol. The lowest BCUT2D eigenvalue weighted by Gasteiger charge is -2.28. The maximum Gasteiger partial charge on any atom is 0.270 e. The molecule has 0 unspecified atom stereocenters. The summed E-state index contributed by atoms with van der Waals surface area (Å²) >= 11 is 0. The van der Waals surface area contributed by atoms with Gasteiger partial charge >= 0.3 is 0 Å². The lowest BCUT2D eigenvalue weighted by atomic mass is 9.82. The molecule has 11 rings (SSSR count). The van der Waals surface area contributed by atoms with Crippen molar-refractivity contribution in [2.45, 2.75) is 86.2 Å². The zero-order chi connectivity index (χ0) is 71.1. The molecule has 0 aliphatic heterocycles. The third-order valence-corrected chi connectivity index (χ3v) is 14.5. The predicted octanol–water partition coefficient (Wildman–Crippen LogP) is 19.9. The summed E-state index contributed by atoms with van der Waals surface area (Å²) in [7, 11) is 0. The van der Waals surface area contributed by atoms with Gasteiger partial charge in [0, 0.05) is 96.5 Å². The number of aliphatic imine (C=N–C) groups is 5. The van der Waals surface area contributed by atoms with Crippen molar-refractivity contribution < 1.29 is 14.8 Å². The molecule has 19 nitrogen and oxygen atoms in total. The van der Waals surface area contributed by atoms with Gasteiger partial charge in [-0.3, -0.25) is 80.2 Å². The van der Waals surface area contributed by atoms with Gasteiger partial charge in [-0.15, -0.1) is 0 Å². The molecule has 6 aromatic carbocycles. The Morgan fingerprint density at radius 1 is 0.364 bits per heavy atom. The van der Waals surface area contributed by atoms with E-state index in [1.54, 1.807) is 86.9 Å². The molecule has 99 heavy (non-hydrogen) atoms. The summed E-state index contributed by atoms with van der Waals surface area (Å²) < 4.78 is 0. The number of aryl methyl sites for hydroxylation is 1. The van der Waals surface area contributed by atoms with E-state index < -0.39 is 9.85 Å². The Hall–Kier alpha value is -12.4. The highest BCUT2D eigenvalue weighted by Gasteiger charge is 2.24. The zero-order valence-corrected chi connectivity index (χ0v) is 56.9. The Labute approximate surface area is 577 Å². The van der Waals surface area contributed by atoms with Gasteiger partial charge in [0.2, 0.25) is 0 Å². The molecule has 0 saturated heterocycles. The van der Waals surface area contributed by atoms with E-state index in [9.17, 15) is 30.3 Å². The van der Waals surface area contributed by atoms with Crippen LogP contribution >= 0.6 is 0 Å². The Bertz CT molecular complexity index is 4440. The van der Waals surface area contributed by atoms with E-state index in [1.165, 1.54) is 18.2 Å². The van der Waals surface area contributed by atoms with Crippen molar-refractivity contribution >= 4 is 65.2 Å². The summed E-state index contributed by atoms with van der Waals surface area (Å²) in [6, 6.07) is 69.4. The van der Waals surface area contributed by atoms with E-state index in [4.69, 9.17) is 4.99 Å². The molecule has 0 fully saturated rings. The van der Waals surface area contributed by atoms with Gasteiger partial charge in [0.15, 0.2) is 0 Å². The molecule has 0 bridgehead atoms. The fourth-order valence-electron chi connectivity index (χ4n) is 9.62. The SMILES string of the molecule is CC(C)(C)CC(C)(C)N=Cc1ccccn1.CCC(C)(C)N=Cc1ccccn1.Cc1cc([N+](=O)[O-])ccc1N=Cc1ccccn1.O=[N+]([O-])c1cc(-c2ccccc2)c(N=Cc2ccccn2)c(-c2ccccc2)c1.O=[N+]([O-])c1ccc(N=Cc2ccccn2)c(-c2ccccc2)c1. The third kappa shape index (κ3) is 25.4. The van der Waals surface area contributed by atoms with Crippen LogP contribution in [-0.4, -0.2) is 81.8 Å². The van der Waals surface area contributed by atoms with Crippen LogP contribution in [0, 0.1) is 42.7 Å². The fourth-order valence-corrected chi connectivity index (χ4v) is 9.62. The number of aromatic nitrogens is 5. The van der Waals surface area contributed by atoms with Crippen LogP contribution in [0.5, 0.6) is 0 Å².